The number of nitrogen functional groups attached to an aromatic ring is 1. The summed E-state index contributed by atoms with van der Waals surface area (Å²) >= 11 is 0. The number of rotatable bonds is 3. The summed E-state index contributed by atoms with van der Waals surface area (Å²) in [6.07, 6.45) is -4.37. The highest BCUT2D eigenvalue weighted by Gasteiger charge is 2.31. The first kappa shape index (κ1) is 15.7. The molecule has 0 aliphatic heterocycles. The minimum Gasteiger partial charge on any atom is -0.369 e. The number of nitrogens with zero attached hydrogens (tertiary/aromatic N) is 2. The van der Waals surface area contributed by atoms with Gasteiger partial charge < -0.3 is 10.3 Å². The molecule has 1 heterocycles. The third-order valence-electron chi connectivity index (χ3n) is 4.23. The predicted molar refractivity (Wildman–Crippen MR) is 77.8 cm³/mol. The molecule has 2 N–H and O–H groups in total. The van der Waals surface area contributed by atoms with Crippen molar-refractivity contribution < 1.29 is 13.2 Å². The lowest BCUT2D eigenvalue weighted by molar-refractivity contribution is -0.137. The first-order chi connectivity index (χ1) is 9.52. The number of nitrogens with two attached hydrogens (primary N) is 1. The number of fused-ring (bicyclic) bond motifs is 1. The maximum atomic E-state index is 12.7. The van der Waals surface area contributed by atoms with Gasteiger partial charge in [-0.3, -0.25) is 0 Å². The summed E-state index contributed by atoms with van der Waals surface area (Å²) in [5.41, 5.74) is 6.06. The summed E-state index contributed by atoms with van der Waals surface area (Å²) < 4.78 is 40.0. The molecule has 1 aromatic carbocycles. The third-order valence-corrected chi connectivity index (χ3v) is 4.23. The van der Waals surface area contributed by atoms with E-state index in [4.69, 9.17) is 5.73 Å². The molecule has 0 spiro atoms. The van der Waals surface area contributed by atoms with Crippen LogP contribution in [0.5, 0.6) is 0 Å². The Morgan fingerprint density at radius 2 is 1.86 bits per heavy atom. The number of alkyl halides is 3. The summed E-state index contributed by atoms with van der Waals surface area (Å²) in [6.45, 7) is 9.03. The van der Waals surface area contributed by atoms with Gasteiger partial charge in [-0.1, -0.05) is 27.7 Å². The van der Waals surface area contributed by atoms with Gasteiger partial charge in [-0.2, -0.15) is 13.2 Å². The number of anilines is 1. The van der Waals surface area contributed by atoms with Gasteiger partial charge in [0.2, 0.25) is 5.95 Å². The molecule has 0 aliphatic rings. The van der Waals surface area contributed by atoms with E-state index in [1.54, 1.807) is 4.57 Å². The second kappa shape index (κ2) is 4.93. The average molecular weight is 299 g/mol. The van der Waals surface area contributed by atoms with E-state index in [2.05, 4.69) is 32.7 Å². The first-order valence-electron chi connectivity index (χ1n) is 6.85. The predicted octanol–water partition coefficient (Wildman–Crippen LogP) is 4.32. The summed E-state index contributed by atoms with van der Waals surface area (Å²) in [6, 6.07) is 3.56. The Hall–Kier alpha value is -1.72. The van der Waals surface area contributed by atoms with E-state index in [0.717, 1.165) is 12.1 Å². The molecule has 3 nitrogen and oxygen atoms in total. The Morgan fingerprint density at radius 1 is 1.24 bits per heavy atom. The zero-order valence-electron chi connectivity index (χ0n) is 12.6. The van der Waals surface area contributed by atoms with Crippen LogP contribution < -0.4 is 5.73 Å². The zero-order chi connectivity index (χ0) is 16.0. The molecule has 21 heavy (non-hydrogen) atoms. The molecule has 0 amide bonds. The SMILES string of the molecule is CC(C)C(C)(C)Cn1c(N)nc2cc(C(F)(F)F)ccc21. The molecular formula is C15H20F3N3. The number of halogens is 3. The van der Waals surface area contributed by atoms with Crippen LogP contribution >= 0.6 is 0 Å². The smallest absolute Gasteiger partial charge is 0.369 e. The molecular weight excluding hydrogens is 279 g/mol. The molecule has 6 heteroatoms. The van der Waals surface area contributed by atoms with Crippen molar-refractivity contribution in [3.8, 4) is 0 Å². The molecule has 0 aliphatic carbocycles. The van der Waals surface area contributed by atoms with Crippen molar-refractivity contribution in [3.63, 3.8) is 0 Å². The van der Waals surface area contributed by atoms with Crippen molar-refractivity contribution in [1.29, 1.82) is 0 Å². The minimum absolute atomic E-state index is 0.0373. The van der Waals surface area contributed by atoms with E-state index in [1.165, 1.54) is 6.07 Å². The monoisotopic (exact) mass is 299 g/mol. The van der Waals surface area contributed by atoms with E-state index in [9.17, 15) is 13.2 Å². The molecule has 0 bridgehead atoms. The van der Waals surface area contributed by atoms with Crippen LogP contribution in [0.3, 0.4) is 0 Å². The van der Waals surface area contributed by atoms with Crippen LogP contribution in [-0.2, 0) is 12.7 Å². The van der Waals surface area contributed by atoms with Crippen molar-refractivity contribution >= 4 is 17.0 Å². The summed E-state index contributed by atoms with van der Waals surface area (Å²) in [5, 5.41) is 0. The molecule has 116 valence electrons. The van der Waals surface area contributed by atoms with Crippen molar-refractivity contribution in [2.75, 3.05) is 5.73 Å². The van der Waals surface area contributed by atoms with E-state index >= 15 is 0 Å². The van der Waals surface area contributed by atoms with E-state index in [1.807, 2.05) is 0 Å². The van der Waals surface area contributed by atoms with Gasteiger partial charge in [-0.15, -0.1) is 0 Å². The average Bonchev–Trinajstić information content (AvgIpc) is 2.63. The first-order valence-corrected chi connectivity index (χ1v) is 6.85. The molecule has 2 aromatic rings. The van der Waals surface area contributed by atoms with Gasteiger partial charge in [-0.05, 0) is 29.5 Å². The van der Waals surface area contributed by atoms with Crippen LogP contribution in [0.4, 0.5) is 19.1 Å². The maximum absolute atomic E-state index is 12.7. The Labute approximate surface area is 122 Å². The van der Waals surface area contributed by atoms with Crippen LogP contribution in [0.1, 0.15) is 33.3 Å². The summed E-state index contributed by atoms with van der Waals surface area (Å²) in [5.74, 6) is 0.654. The molecule has 0 radical (unpaired) electrons. The number of hydrogen-bond acceptors (Lipinski definition) is 2. The lowest BCUT2D eigenvalue weighted by Gasteiger charge is -2.30. The number of hydrogen-bond donors (Lipinski definition) is 1. The normalized spacial score (nSPS) is 13.3. The maximum Gasteiger partial charge on any atom is 0.416 e. The van der Waals surface area contributed by atoms with E-state index in [-0.39, 0.29) is 16.9 Å². The van der Waals surface area contributed by atoms with E-state index in [0.29, 0.717) is 18.0 Å². The fraction of sp³-hybridized carbons (Fsp3) is 0.533. The Kier molecular flexibility index (Phi) is 3.68. The highest BCUT2D eigenvalue weighted by Crippen LogP contribution is 2.34. The molecule has 0 fully saturated rings. The van der Waals surface area contributed by atoms with Gasteiger partial charge in [0.25, 0.3) is 0 Å². The van der Waals surface area contributed by atoms with Crippen LogP contribution in [0, 0.1) is 11.3 Å². The fourth-order valence-electron chi connectivity index (χ4n) is 2.08. The Morgan fingerprint density at radius 3 is 2.38 bits per heavy atom. The van der Waals surface area contributed by atoms with Gasteiger partial charge in [0.1, 0.15) is 0 Å². The van der Waals surface area contributed by atoms with Gasteiger partial charge in [0.15, 0.2) is 0 Å². The number of benzene rings is 1. The largest absolute Gasteiger partial charge is 0.416 e. The minimum atomic E-state index is -4.37. The van der Waals surface area contributed by atoms with Crippen molar-refractivity contribution in [2.45, 2.75) is 40.4 Å². The topological polar surface area (TPSA) is 43.8 Å². The van der Waals surface area contributed by atoms with E-state index < -0.39 is 11.7 Å². The van der Waals surface area contributed by atoms with Gasteiger partial charge in [-0.25, -0.2) is 4.98 Å². The molecule has 0 saturated heterocycles. The summed E-state index contributed by atoms with van der Waals surface area (Å²) in [7, 11) is 0. The van der Waals surface area contributed by atoms with Gasteiger partial charge in [0, 0.05) is 6.54 Å². The highest BCUT2D eigenvalue weighted by atomic mass is 19.4. The lowest BCUT2D eigenvalue weighted by atomic mass is 9.81. The number of aromatic nitrogens is 2. The van der Waals surface area contributed by atoms with Crippen LogP contribution in [0.15, 0.2) is 18.2 Å². The molecule has 2 rings (SSSR count). The molecule has 0 unspecified atom stereocenters. The fourth-order valence-corrected chi connectivity index (χ4v) is 2.08. The highest BCUT2D eigenvalue weighted by molar-refractivity contribution is 5.79. The van der Waals surface area contributed by atoms with Crippen LogP contribution in [0.2, 0.25) is 0 Å². The van der Waals surface area contributed by atoms with Crippen molar-refractivity contribution in [1.82, 2.24) is 9.55 Å². The molecule has 0 saturated carbocycles. The third kappa shape index (κ3) is 2.99. The second-order valence-corrected chi connectivity index (χ2v) is 6.40. The van der Waals surface area contributed by atoms with Crippen molar-refractivity contribution in [3.05, 3.63) is 23.8 Å². The molecule has 1 aromatic heterocycles. The van der Waals surface area contributed by atoms with Crippen molar-refractivity contribution in [2.24, 2.45) is 11.3 Å². The van der Waals surface area contributed by atoms with Gasteiger partial charge in [0.05, 0.1) is 16.6 Å². The molecule has 0 atom stereocenters. The number of imidazole rings is 1. The quantitative estimate of drug-likeness (QED) is 0.917. The zero-order valence-corrected chi connectivity index (χ0v) is 12.6. The second-order valence-electron chi connectivity index (χ2n) is 6.40. The summed E-state index contributed by atoms with van der Waals surface area (Å²) in [4.78, 5) is 4.07. The standard InChI is InChI=1S/C15H20F3N3/c1-9(2)14(3,4)8-21-12-6-5-10(15(16,17)18)7-11(12)20-13(21)19/h5-7,9H,8H2,1-4H3,(H2,19,20). The Balaban J connectivity index is 2.49. The van der Waals surface area contributed by atoms with Gasteiger partial charge >= 0.3 is 6.18 Å². The van der Waals surface area contributed by atoms with Crippen LogP contribution in [-0.4, -0.2) is 9.55 Å². The Bertz CT molecular complexity index is 654. The lowest BCUT2D eigenvalue weighted by Crippen LogP contribution is -2.26. The van der Waals surface area contributed by atoms with Crippen LogP contribution in [0.25, 0.3) is 11.0 Å².